The van der Waals surface area contributed by atoms with Crippen LogP contribution in [0.3, 0.4) is 0 Å². The second-order valence-electron chi connectivity index (χ2n) is 9.24. The lowest BCUT2D eigenvalue weighted by Gasteiger charge is -2.38. The molecular weight excluding hydrogens is 507 g/mol. The summed E-state index contributed by atoms with van der Waals surface area (Å²) in [5.74, 6) is -1.41. The van der Waals surface area contributed by atoms with Gasteiger partial charge in [0, 0.05) is 23.8 Å². The van der Waals surface area contributed by atoms with Crippen molar-refractivity contribution >= 4 is 46.7 Å². The Balaban J connectivity index is 1.64. The van der Waals surface area contributed by atoms with Crippen LogP contribution in [0.2, 0.25) is 10.2 Å². The molecule has 0 N–H and O–H groups in total. The van der Waals surface area contributed by atoms with Gasteiger partial charge in [-0.05, 0) is 50.6 Å². The van der Waals surface area contributed by atoms with E-state index in [4.69, 9.17) is 27.9 Å². The summed E-state index contributed by atoms with van der Waals surface area (Å²) < 4.78 is 6.98. The number of carbonyl (C=O) groups excluding carboxylic acids is 3. The molecule has 12 heteroatoms. The molecule has 0 spiro atoms. The van der Waals surface area contributed by atoms with E-state index < -0.39 is 29.4 Å². The average Bonchev–Trinajstić information content (AvgIpc) is 3.24. The molecule has 0 aliphatic carbocycles. The fourth-order valence-corrected chi connectivity index (χ4v) is 4.13. The fraction of sp³-hybridized carbons (Fsp3) is 0.333. The number of nitrogens with zero attached hydrogens (tertiary/aromatic N) is 6. The predicted molar refractivity (Wildman–Crippen MR) is 133 cm³/mol. The number of rotatable bonds is 6. The zero-order valence-electron chi connectivity index (χ0n) is 19.9. The number of piperazine rings is 1. The monoisotopic (exact) mass is 530 g/mol. The molecule has 3 heterocycles. The first-order valence-electron chi connectivity index (χ1n) is 11.1. The lowest BCUT2D eigenvalue weighted by atomic mass is 10.0. The van der Waals surface area contributed by atoms with E-state index in [2.05, 4.69) is 15.3 Å². The third-order valence-electron chi connectivity index (χ3n) is 5.37. The first-order chi connectivity index (χ1) is 17.0. The molecule has 1 aliphatic heterocycles. The van der Waals surface area contributed by atoms with E-state index in [0.717, 1.165) is 5.56 Å². The molecule has 1 atom stereocenters. The van der Waals surface area contributed by atoms with E-state index in [1.807, 2.05) is 0 Å². The van der Waals surface area contributed by atoms with Crippen LogP contribution in [0.5, 0.6) is 0 Å². The van der Waals surface area contributed by atoms with Crippen LogP contribution in [-0.4, -0.2) is 67.4 Å². The highest BCUT2D eigenvalue weighted by Crippen LogP contribution is 2.30. The van der Waals surface area contributed by atoms with E-state index in [0.29, 0.717) is 16.4 Å². The largest absolute Gasteiger partial charge is 0.458 e. The summed E-state index contributed by atoms with van der Waals surface area (Å²) in [6, 6.07) is 7.38. The van der Waals surface area contributed by atoms with Crippen LogP contribution in [0.15, 0.2) is 48.9 Å². The molecule has 36 heavy (non-hydrogen) atoms. The number of anilines is 1. The highest BCUT2D eigenvalue weighted by Gasteiger charge is 2.40. The van der Waals surface area contributed by atoms with Crippen molar-refractivity contribution in [3.8, 4) is 5.69 Å². The summed E-state index contributed by atoms with van der Waals surface area (Å²) in [6.07, 6.45) is 4.86. The van der Waals surface area contributed by atoms with Gasteiger partial charge in [0.2, 0.25) is 11.8 Å². The number of ether oxygens (including phenoxy) is 1. The van der Waals surface area contributed by atoms with Gasteiger partial charge in [-0.3, -0.25) is 19.5 Å². The topological polar surface area (TPSA) is 111 Å². The number of amides is 2. The van der Waals surface area contributed by atoms with Crippen LogP contribution in [-0.2, 0) is 25.5 Å². The SMILES string of the molecule is CC(C)(C)OC(=O)C(Cc1cccnc1)N1CC(=O)N(c2cc(Cl)ccc2-n2cc(Cl)nn2)CC1=O. The van der Waals surface area contributed by atoms with Gasteiger partial charge in [0.1, 0.15) is 24.7 Å². The van der Waals surface area contributed by atoms with E-state index >= 15 is 0 Å². The number of pyridine rings is 1. The number of esters is 1. The van der Waals surface area contributed by atoms with Crippen LogP contribution < -0.4 is 4.90 Å². The van der Waals surface area contributed by atoms with Crippen molar-refractivity contribution in [1.82, 2.24) is 24.9 Å². The zero-order valence-corrected chi connectivity index (χ0v) is 21.4. The molecule has 1 fully saturated rings. The van der Waals surface area contributed by atoms with Gasteiger partial charge in [-0.25, -0.2) is 9.48 Å². The van der Waals surface area contributed by atoms with Crippen LogP contribution in [0.25, 0.3) is 5.69 Å². The Labute approximate surface area is 217 Å². The van der Waals surface area contributed by atoms with Crippen molar-refractivity contribution in [3.63, 3.8) is 0 Å². The summed E-state index contributed by atoms with van der Waals surface area (Å²) in [4.78, 5) is 46.5. The molecule has 1 unspecified atom stereocenters. The van der Waals surface area contributed by atoms with Gasteiger partial charge >= 0.3 is 5.97 Å². The van der Waals surface area contributed by atoms with Crippen molar-refractivity contribution in [2.24, 2.45) is 0 Å². The Kier molecular flexibility index (Phi) is 7.28. The average molecular weight is 531 g/mol. The number of halogens is 2. The van der Waals surface area contributed by atoms with Gasteiger partial charge in [-0.15, -0.1) is 5.10 Å². The third kappa shape index (κ3) is 5.83. The fourth-order valence-electron chi connectivity index (χ4n) is 3.84. The normalized spacial score (nSPS) is 15.2. The minimum Gasteiger partial charge on any atom is -0.458 e. The molecule has 0 radical (unpaired) electrons. The first kappa shape index (κ1) is 25.6. The summed E-state index contributed by atoms with van der Waals surface area (Å²) in [6.45, 7) is 4.60. The van der Waals surface area contributed by atoms with Crippen molar-refractivity contribution in [2.45, 2.75) is 38.8 Å². The maximum atomic E-state index is 13.4. The van der Waals surface area contributed by atoms with Crippen LogP contribution in [0, 0.1) is 0 Å². The Bertz CT molecular complexity index is 1290. The second kappa shape index (κ2) is 10.2. The Morgan fingerprint density at radius 3 is 2.53 bits per heavy atom. The molecule has 1 saturated heterocycles. The van der Waals surface area contributed by atoms with Crippen molar-refractivity contribution in [3.05, 3.63) is 64.7 Å². The number of hydrogen-bond acceptors (Lipinski definition) is 7. The quantitative estimate of drug-likeness (QED) is 0.450. The molecule has 188 valence electrons. The smallest absolute Gasteiger partial charge is 0.329 e. The molecule has 0 saturated carbocycles. The Hall–Kier alpha value is -3.50. The minimum absolute atomic E-state index is 0.154. The number of benzene rings is 1. The maximum absolute atomic E-state index is 13.4. The standard InChI is InChI=1S/C24H24Cl2N6O4/c1-24(2,3)36-23(35)19(9-15-5-4-8-27-11-15)31-14-21(33)30(13-22(31)34)18-10-16(25)6-7-17(18)32-12-20(26)28-29-32/h4-8,10-12,19H,9,13-14H2,1-3H3. The van der Waals surface area contributed by atoms with E-state index in [1.54, 1.807) is 63.5 Å². The lowest BCUT2D eigenvalue weighted by Crippen LogP contribution is -2.60. The third-order valence-corrected chi connectivity index (χ3v) is 5.78. The molecular formula is C24H24Cl2N6O4. The van der Waals surface area contributed by atoms with Crippen molar-refractivity contribution in [1.29, 1.82) is 0 Å². The van der Waals surface area contributed by atoms with Crippen molar-refractivity contribution < 1.29 is 19.1 Å². The van der Waals surface area contributed by atoms with Gasteiger partial charge < -0.3 is 9.64 Å². The summed E-state index contributed by atoms with van der Waals surface area (Å²) in [7, 11) is 0. The van der Waals surface area contributed by atoms with Gasteiger partial charge in [0.25, 0.3) is 0 Å². The molecule has 0 bridgehead atoms. The highest BCUT2D eigenvalue weighted by molar-refractivity contribution is 6.31. The molecule has 1 aliphatic rings. The van der Waals surface area contributed by atoms with E-state index in [9.17, 15) is 14.4 Å². The van der Waals surface area contributed by atoms with Crippen LogP contribution in [0.4, 0.5) is 5.69 Å². The molecule has 10 nitrogen and oxygen atoms in total. The lowest BCUT2D eigenvalue weighted by molar-refractivity contribution is -0.165. The summed E-state index contributed by atoms with van der Waals surface area (Å²) >= 11 is 12.1. The summed E-state index contributed by atoms with van der Waals surface area (Å²) in [5.41, 5.74) is 0.792. The summed E-state index contributed by atoms with van der Waals surface area (Å²) in [5, 5.41) is 8.26. The molecule has 1 aromatic carbocycles. The Morgan fingerprint density at radius 1 is 1.11 bits per heavy atom. The number of carbonyl (C=O) groups is 3. The number of hydrogen-bond donors (Lipinski definition) is 0. The molecule has 2 aromatic heterocycles. The van der Waals surface area contributed by atoms with Crippen LogP contribution in [0.1, 0.15) is 26.3 Å². The Morgan fingerprint density at radius 2 is 1.89 bits per heavy atom. The van der Waals surface area contributed by atoms with Gasteiger partial charge in [-0.1, -0.05) is 34.5 Å². The van der Waals surface area contributed by atoms with Gasteiger partial charge in [0.15, 0.2) is 5.15 Å². The van der Waals surface area contributed by atoms with Gasteiger partial charge in [0.05, 0.1) is 17.6 Å². The maximum Gasteiger partial charge on any atom is 0.329 e. The zero-order chi connectivity index (χ0) is 26.0. The molecule has 2 amide bonds. The predicted octanol–water partition coefficient (Wildman–Crippen LogP) is 3.10. The van der Waals surface area contributed by atoms with E-state index in [-0.39, 0.29) is 24.7 Å². The minimum atomic E-state index is -1.00. The molecule has 4 rings (SSSR count). The second-order valence-corrected chi connectivity index (χ2v) is 10.1. The van der Waals surface area contributed by atoms with Crippen molar-refractivity contribution in [2.75, 3.05) is 18.0 Å². The molecule has 3 aromatic rings. The van der Waals surface area contributed by atoms with E-state index in [1.165, 1.54) is 20.7 Å². The highest BCUT2D eigenvalue weighted by atomic mass is 35.5. The van der Waals surface area contributed by atoms with Crippen LogP contribution >= 0.6 is 23.2 Å². The van der Waals surface area contributed by atoms with Gasteiger partial charge in [-0.2, -0.15) is 0 Å². The first-order valence-corrected chi connectivity index (χ1v) is 11.9. The number of aromatic nitrogens is 4.